The molecule has 132 valence electrons. The smallest absolute Gasteiger partial charge is 0.222 e. The first-order chi connectivity index (χ1) is 10.2. The summed E-state index contributed by atoms with van der Waals surface area (Å²) >= 11 is 0. The van der Waals surface area contributed by atoms with Gasteiger partial charge in [-0.15, -0.1) is 24.8 Å². The Balaban J connectivity index is 0.00000242. The van der Waals surface area contributed by atoms with Crippen LogP contribution in [-0.2, 0) is 11.3 Å². The Morgan fingerprint density at radius 2 is 1.78 bits per heavy atom. The van der Waals surface area contributed by atoms with Gasteiger partial charge in [0.1, 0.15) is 0 Å². The van der Waals surface area contributed by atoms with Crippen LogP contribution in [0.2, 0.25) is 0 Å². The number of carbonyl (C=O) groups excluding carboxylic acids is 1. The van der Waals surface area contributed by atoms with Gasteiger partial charge in [-0.2, -0.15) is 0 Å². The summed E-state index contributed by atoms with van der Waals surface area (Å²) in [6.07, 6.45) is 1.59. The van der Waals surface area contributed by atoms with Crippen molar-refractivity contribution in [1.29, 1.82) is 0 Å². The average molecular weight is 362 g/mol. The van der Waals surface area contributed by atoms with E-state index in [1.54, 1.807) is 0 Å². The van der Waals surface area contributed by atoms with Crippen LogP contribution < -0.4 is 5.32 Å². The van der Waals surface area contributed by atoms with Gasteiger partial charge in [0, 0.05) is 39.1 Å². The van der Waals surface area contributed by atoms with Gasteiger partial charge in [0.2, 0.25) is 5.91 Å². The first-order valence-corrected chi connectivity index (χ1v) is 7.90. The molecule has 0 bridgehead atoms. The summed E-state index contributed by atoms with van der Waals surface area (Å²) in [4.78, 5) is 16.5. The zero-order valence-corrected chi connectivity index (χ0v) is 15.7. The maximum atomic E-state index is 12.1. The van der Waals surface area contributed by atoms with Crippen molar-refractivity contribution < 1.29 is 4.79 Å². The van der Waals surface area contributed by atoms with Gasteiger partial charge in [0.15, 0.2) is 0 Å². The van der Waals surface area contributed by atoms with Gasteiger partial charge in [-0.05, 0) is 38.1 Å². The van der Waals surface area contributed by atoms with Crippen LogP contribution in [0.15, 0.2) is 24.3 Å². The van der Waals surface area contributed by atoms with E-state index >= 15 is 0 Å². The highest BCUT2D eigenvalue weighted by atomic mass is 35.5. The van der Waals surface area contributed by atoms with Crippen molar-refractivity contribution in [1.82, 2.24) is 15.1 Å². The summed E-state index contributed by atoms with van der Waals surface area (Å²) in [5, 5.41) is 3.09. The van der Waals surface area contributed by atoms with E-state index in [0.717, 1.165) is 45.7 Å². The number of halogens is 2. The van der Waals surface area contributed by atoms with Gasteiger partial charge in [0.05, 0.1) is 0 Å². The molecule has 1 heterocycles. The number of carbonyl (C=O) groups is 1. The number of aryl methyl sites for hydroxylation is 1. The molecule has 0 aromatic heterocycles. The van der Waals surface area contributed by atoms with Gasteiger partial charge >= 0.3 is 0 Å². The number of piperazine rings is 1. The highest BCUT2D eigenvalue weighted by Crippen LogP contribution is 2.13. The van der Waals surface area contributed by atoms with Crippen LogP contribution in [0.3, 0.4) is 0 Å². The Hall–Kier alpha value is -0.810. The molecule has 4 nitrogen and oxygen atoms in total. The van der Waals surface area contributed by atoms with Gasteiger partial charge in [-0.3, -0.25) is 9.69 Å². The standard InChI is InChI=1S/C17H27N3O.2ClH/c1-15-6-3-4-7-16(15)14-19-10-12-20(13-11-19)17(21)8-5-9-18-2;;/h3-4,6-7,18H,5,8-14H2,1-2H3;2*1H. The molecular weight excluding hydrogens is 333 g/mol. The van der Waals surface area contributed by atoms with Gasteiger partial charge in [-0.1, -0.05) is 24.3 Å². The second-order valence-electron chi connectivity index (χ2n) is 5.79. The van der Waals surface area contributed by atoms with Crippen LogP contribution in [0.4, 0.5) is 0 Å². The summed E-state index contributed by atoms with van der Waals surface area (Å²) < 4.78 is 0. The van der Waals surface area contributed by atoms with Gasteiger partial charge in [0.25, 0.3) is 0 Å². The lowest BCUT2D eigenvalue weighted by atomic mass is 10.1. The van der Waals surface area contributed by atoms with E-state index in [-0.39, 0.29) is 24.8 Å². The zero-order chi connectivity index (χ0) is 15.1. The Morgan fingerprint density at radius 1 is 1.13 bits per heavy atom. The largest absolute Gasteiger partial charge is 0.340 e. The molecule has 0 unspecified atom stereocenters. The molecule has 23 heavy (non-hydrogen) atoms. The normalized spacial score (nSPS) is 14.8. The van der Waals surface area contributed by atoms with Crippen LogP contribution in [0.25, 0.3) is 0 Å². The maximum absolute atomic E-state index is 12.1. The van der Waals surface area contributed by atoms with Crippen molar-refractivity contribution >= 4 is 30.7 Å². The molecule has 1 saturated heterocycles. The van der Waals surface area contributed by atoms with Gasteiger partial charge in [-0.25, -0.2) is 0 Å². The van der Waals surface area contributed by atoms with Crippen LogP contribution in [0.1, 0.15) is 24.0 Å². The van der Waals surface area contributed by atoms with E-state index in [1.165, 1.54) is 11.1 Å². The van der Waals surface area contributed by atoms with E-state index in [4.69, 9.17) is 0 Å². The van der Waals surface area contributed by atoms with Crippen molar-refractivity contribution in [3.05, 3.63) is 35.4 Å². The average Bonchev–Trinajstić information content (AvgIpc) is 2.50. The van der Waals surface area contributed by atoms with E-state index in [9.17, 15) is 4.79 Å². The Labute approximate surface area is 152 Å². The minimum atomic E-state index is 0. The topological polar surface area (TPSA) is 35.6 Å². The number of amides is 1. The predicted molar refractivity (Wildman–Crippen MR) is 101 cm³/mol. The third kappa shape index (κ3) is 7.08. The summed E-state index contributed by atoms with van der Waals surface area (Å²) in [5.74, 6) is 0.306. The van der Waals surface area contributed by atoms with Crippen LogP contribution >= 0.6 is 24.8 Å². The molecule has 0 aliphatic carbocycles. The molecule has 0 saturated carbocycles. The third-order valence-corrected chi connectivity index (χ3v) is 4.20. The molecule has 1 aliphatic heterocycles. The van der Waals surface area contributed by atoms with Crippen LogP contribution in [0, 0.1) is 6.92 Å². The fourth-order valence-electron chi connectivity index (χ4n) is 2.76. The Bertz CT molecular complexity index is 463. The Kier molecular flexibility index (Phi) is 11.3. The van der Waals surface area contributed by atoms with Crippen LogP contribution in [-0.4, -0.2) is 55.5 Å². The van der Waals surface area contributed by atoms with Crippen molar-refractivity contribution in [3.8, 4) is 0 Å². The molecule has 1 aromatic rings. The van der Waals surface area contributed by atoms with Crippen molar-refractivity contribution in [2.45, 2.75) is 26.3 Å². The molecule has 1 aliphatic rings. The molecule has 6 heteroatoms. The second-order valence-corrected chi connectivity index (χ2v) is 5.79. The number of hydrogen-bond donors (Lipinski definition) is 1. The van der Waals surface area contributed by atoms with Crippen molar-refractivity contribution in [2.24, 2.45) is 0 Å². The summed E-state index contributed by atoms with van der Waals surface area (Å²) in [6, 6.07) is 8.55. The molecule has 0 atom stereocenters. The lowest BCUT2D eigenvalue weighted by molar-refractivity contribution is -0.133. The minimum Gasteiger partial charge on any atom is -0.340 e. The number of benzene rings is 1. The molecule has 0 radical (unpaired) electrons. The third-order valence-electron chi connectivity index (χ3n) is 4.20. The van der Waals surface area contributed by atoms with E-state index in [2.05, 4.69) is 41.4 Å². The molecule has 1 N–H and O–H groups in total. The SMILES string of the molecule is CNCCCC(=O)N1CCN(Cc2ccccc2C)CC1.Cl.Cl. The first-order valence-electron chi connectivity index (χ1n) is 7.90. The second kappa shape index (κ2) is 11.7. The predicted octanol–water partition coefficient (Wildman–Crippen LogP) is 2.48. The van der Waals surface area contributed by atoms with Crippen LogP contribution in [0.5, 0.6) is 0 Å². The molecule has 1 aromatic carbocycles. The highest BCUT2D eigenvalue weighted by molar-refractivity contribution is 5.85. The highest BCUT2D eigenvalue weighted by Gasteiger charge is 2.20. The monoisotopic (exact) mass is 361 g/mol. The molecule has 1 fully saturated rings. The molecular formula is C17H29Cl2N3O. The zero-order valence-electron chi connectivity index (χ0n) is 14.1. The summed E-state index contributed by atoms with van der Waals surface area (Å²) in [7, 11) is 1.93. The van der Waals surface area contributed by atoms with Gasteiger partial charge < -0.3 is 10.2 Å². The number of rotatable bonds is 6. The lowest BCUT2D eigenvalue weighted by Gasteiger charge is -2.35. The number of hydrogen-bond acceptors (Lipinski definition) is 3. The van der Waals surface area contributed by atoms with E-state index in [0.29, 0.717) is 12.3 Å². The first kappa shape index (κ1) is 22.2. The van der Waals surface area contributed by atoms with Crippen molar-refractivity contribution in [2.75, 3.05) is 39.8 Å². The summed E-state index contributed by atoms with van der Waals surface area (Å²) in [6.45, 7) is 7.76. The fourth-order valence-corrected chi connectivity index (χ4v) is 2.76. The Morgan fingerprint density at radius 3 is 2.39 bits per heavy atom. The molecule has 2 rings (SSSR count). The van der Waals surface area contributed by atoms with E-state index in [1.807, 2.05) is 11.9 Å². The van der Waals surface area contributed by atoms with E-state index < -0.39 is 0 Å². The molecule has 0 spiro atoms. The lowest BCUT2D eigenvalue weighted by Crippen LogP contribution is -2.48. The fraction of sp³-hybridized carbons (Fsp3) is 0.588. The van der Waals surface area contributed by atoms with Crippen molar-refractivity contribution in [3.63, 3.8) is 0 Å². The number of nitrogens with one attached hydrogen (secondary N) is 1. The minimum absolute atomic E-state index is 0. The quantitative estimate of drug-likeness (QED) is 0.790. The maximum Gasteiger partial charge on any atom is 0.222 e. The number of nitrogens with zero attached hydrogens (tertiary/aromatic N) is 2. The summed E-state index contributed by atoms with van der Waals surface area (Å²) in [5.41, 5.74) is 2.74. The molecule has 1 amide bonds.